The van der Waals surface area contributed by atoms with Crippen molar-refractivity contribution in [2.24, 2.45) is 0 Å². The topological polar surface area (TPSA) is 83.4 Å². The normalized spacial score (nSPS) is 13.8. The summed E-state index contributed by atoms with van der Waals surface area (Å²) in [4.78, 5) is 32.1. The number of ketones is 1. The van der Waals surface area contributed by atoms with Crippen LogP contribution in [0.4, 0.5) is 14.9 Å². The standard InChI is InChI=1S/C24H27FN6O2/c1-16-12-17(2)31(28-16)23-7-4-19(14-26-23)15-27-24(33)30-10-8-29(9-11-30)22-6-5-20(18(3)32)13-21(22)25/h4-7,12-14H,8-11,15H2,1-3H3,(H,27,33). The molecule has 1 aliphatic rings. The lowest BCUT2D eigenvalue weighted by Gasteiger charge is -2.36. The van der Waals surface area contributed by atoms with Crippen molar-refractivity contribution in [2.45, 2.75) is 27.3 Å². The van der Waals surface area contributed by atoms with Gasteiger partial charge in [0.15, 0.2) is 11.6 Å². The van der Waals surface area contributed by atoms with E-state index in [0.29, 0.717) is 44.0 Å². The highest BCUT2D eigenvalue weighted by Gasteiger charge is 2.23. The number of halogens is 1. The molecule has 2 aromatic heterocycles. The Bertz CT molecular complexity index is 1170. The summed E-state index contributed by atoms with van der Waals surface area (Å²) in [6.07, 6.45) is 1.73. The Morgan fingerprint density at radius 3 is 2.39 bits per heavy atom. The molecule has 8 nitrogen and oxygen atoms in total. The van der Waals surface area contributed by atoms with Crippen LogP contribution in [-0.2, 0) is 6.54 Å². The van der Waals surface area contributed by atoms with Gasteiger partial charge in [0.05, 0.1) is 11.4 Å². The lowest BCUT2D eigenvalue weighted by atomic mass is 10.1. The van der Waals surface area contributed by atoms with Crippen LogP contribution in [0.25, 0.3) is 5.82 Å². The number of aromatic nitrogens is 3. The number of amides is 2. The van der Waals surface area contributed by atoms with Gasteiger partial charge >= 0.3 is 6.03 Å². The van der Waals surface area contributed by atoms with Crippen LogP contribution in [0.2, 0.25) is 0 Å². The van der Waals surface area contributed by atoms with Crippen LogP contribution >= 0.6 is 0 Å². The number of nitrogens with zero attached hydrogens (tertiary/aromatic N) is 5. The molecule has 3 aromatic rings. The predicted molar refractivity (Wildman–Crippen MR) is 123 cm³/mol. The zero-order valence-electron chi connectivity index (χ0n) is 19.0. The average Bonchev–Trinajstić information content (AvgIpc) is 3.15. The molecule has 0 aliphatic carbocycles. The molecule has 1 fully saturated rings. The van der Waals surface area contributed by atoms with Crippen molar-refractivity contribution in [1.82, 2.24) is 25.0 Å². The number of hydrogen-bond donors (Lipinski definition) is 1. The number of carbonyl (C=O) groups is 2. The first-order chi connectivity index (χ1) is 15.8. The molecule has 9 heteroatoms. The van der Waals surface area contributed by atoms with Crippen molar-refractivity contribution < 1.29 is 14.0 Å². The van der Waals surface area contributed by atoms with Gasteiger partial charge in [-0.05, 0) is 56.7 Å². The van der Waals surface area contributed by atoms with Gasteiger partial charge in [0.25, 0.3) is 0 Å². The quantitative estimate of drug-likeness (QED) is 0.604. The second kappa shape index (κ2) is 9.40. The van der Waals surface area contributed by atoms with Gasteiger partial charge in [0.1, 0.15) is 5.82 Å². The number of Topliss-reactive ketones (excluding diaryl/α,β-unsaturated/α-hetero) is 1. The Kier molecular flexibility index (Phi) is 6.39. The molecule has 172 valence electrons. The molecule has 2 amide bonds. The number of aryl methyl sites for hydroxylation is 2. The first-order valence-corrected chi connectivity index (χ1v) is 10.9. The third-order valence-corrected chi connectivity index (χ3v) is 5.74. The molecule has 0 saturated carbocycles. The maximum atomic E-state index is 14.4. The van der Waals surface area contributed by atoms with Gasteiger partial charge in [0.2, 0.25) is 0 Å². The Morgan fingerprint density at radius 2 is 1.82 bits per heavy atom. The average molecular weight is 451 g/mol. The van der Waals surface area contributed by atoms with Crippen LogP contribution in [0.15, 0.2) is 42.6 Å². The highest BCUT2D eigenvalue weighted by atomic mass is 19.1. The van der Waals surface area contributed by atoms with Crippen LogP contribution in [0.3, 0.4) is 0 Å². The number of nitrogens with one attached hydrogen (secondary N) is 1. The van der Waals surface area contributed by atoms with E-state index in [4.69, 9.17) is 0 Å². The lowest BCUT2D eigenvalue weighted by molar-refractivity contribution is 0.101. The first-order valence-electron chi connectivity index (χ1n) is 10.9. The van der Waals surface area contributed by atoms with E-state index in [9.17, 15) is 14.0 Å². The van der Waals surface area contributed by atoms with Crippen molar-refractivity contribution in [3.8, 4) is 5.82 Å². The van der Waals surface area contributed by atoms with Crippen LogP contribution in [0.5, 0.6) is 0 Å². The van der Waals surface area contributed by atoms with Crippen molar-refractivity contribution >= 4 is 17.5 Å². The maximum absolute atomic E-state index is 14.4. The minimum atomic E-state index is -0.419. The Hall–Kier alpha value is -3.75. The Balaban J connectivity index is 1.29. The third-order valence-electron chi connectivity index (χ3n) is 5.74. The van der Waals surface area contributed by atoms with Gasteiger partial charge in [-0.2, -0.15) is 5.10 Å². The van der Waals surface area contributed by atoms with E-state index in [2.05, 4.69) is 15.4 Å². The van der Waals surface area contributed by atoms with Crippen molar-refractivity contribution in [3.05, 3.63) is 70.9 Å². The summed E-state index contributed by atoms with van der Waals surface area (Å²) in [6.45, 7) is 7.69. The van der Waals surface area contributed by atoms with E-state index >= 15 is 0 Å². The van der Waals surface area contributed by atoms with Crippen molar-refractivity contribution in [1.29, 1.82) is 0 Å². The molecule has 0 radical (unpaired) electrons. The monoisotopic (exact) mass is 450 g/mol. The van der Waals surface area contributed by atoms with Crippen LogP contribution < -0.4 is 10.2 Å². The number of rotatable bonds is 5. The predicted octanol–water partition coefficient (Wildman–Crippen LogP) is 3.26. The summed E-state index contributed by atoms with van der Waals surface area (Å²) in [6, 6.07) is 10.2. The zero-order chi connectivity index (χ0) is 23.5. The molecular formula is C24H27FN6O2. The van der Waals surface area contributed by atoms with E-state index in [1.54, 1.807) is 27.9 Å². The molecule has 3 heterocycles. The SMILES string of the molecule is CC(=O)c1ccc(N2CCN(C(=O)NCc3ccc(-n4nc(C)cc4C)nc3)CC2)c(F)c1. The summed E-state index contributed by atoms with van der Waals surface area (Å²) in [7, 11) is 0. The Morgan fingerprint density at radius 1 is 1.06 bits per heavy atom. The van der Waals surface area contributed by atoms with E-state index in [1.807, 2.05) is 36.9 Å². The van der Waals surface area contributed by atoms with Crippen LogP contribution in [0, 0.1) is 19.7 Å². The summed E-state index contributed by atoms with van der Waals surface area (Å²) in [5.41, 5.74) is 3.64. The molecule has 1 saturated heterocycles. The first kappa shape index (κ1) is 22.4. The maximum Gasteiger partial charge on any atom is 0.317 e. The minimum absolute atomic E-state index is 0.162. The largest absolute Gasteiger partial charge is 0.366 e. The Labute approximate surface area is 192 Å². The molecule has 0 unspecified atom stereocenters. The zero-order valence-corrected chi connectivity index (χ0v) is 19.0. The number of benzene rings is 1. The molecule has 33 heavy (non-hydrogen) atoms. The van der Waals surface area contributed by atoms with Gasteiger partial charge in [-0.25, -0.2) is 18.9 Å². The van der Waals surface area contributed by atoms with E-state index < -0.39 is 5.82 Å². The smallest absolute Gasteiger partial charge is 0.317 e. The molecule has 1 aromatic carbocycles. The highest BCUT2D eigenvalue weighted by molar-refractivity contribution is 5.94. The summed E-state index contributed by atoms with van der Waals surface area (Å²) in [5, 5.41) is 7.35. The number of anilines is 1. The van der Waals surface area contributed by atoms with Gasteiger partial charge in [-0.3, -0.25) is 4.79 Å². The molecule has 0 atom stereocenters. The summed E-state index contributed by atoms with van der Waals surface area (Å²) >= 11 is 0. The minimum Gasteiger partial charge on any atom is -0.366 e. The van der Waals surface area contributed by atoms with Gasteiger partial charge in [0, 0.05) is 50.2 Å². The van der Waals surface area contributed by atoms with Gasteiger partial charge in [-0.15, -0.1) is 0 Å². The fourth-order valence-corrected chi connectivity index (χ4v) is 3.93. The third kappa shape index (κ3) is 5.02. The van der Waals surface area contributed by atoms with Gasteiger partial charge in [-0.1, -0.05) is 6.07 Å². The highest BCUT2D eigenvalue weighted by Crippen LogP contribution is 2.22. The molecular weight excluding hydrogens is 423 g/mol. The fraction of sp³-hybridized carbons (Fsp3) is 0.333. The number of urea groups is 1. The van der Waals surface area contributed by atoms with E-state index in [1.165, 1.54) is 13.0 Å². The lowest BCUT2D eigenvalue weighted by Crippen LogP contribution is -2.51. The van der Waals surface area contributed by atoms with Crippen molar-refractivity contribution in [2.75, 3.05) is 31.1 Å². The van der Waals surface area contributed by atoms with Crippen LogP contribution in [0.1, 0.15) is 34.2 Å². The van der Waals surface area contributed by atoms with E-state index in [-0.39, 0.29) is 11.8 Å². The molecule has 1 N–H and O–H groups in total. The number of hydrogen-bond acceptors (Lipinski definition) is 5. The second-order valence-electron chi connectivity index (χ2n) is 8.22. The summed E-state index contributed by atoms with van der Waals surface area (Å²) in [5.74, 6) is 0.144. The molecule has 4 rings (SSSR count). The fourth-order valence-electron chi connectivity index (χ4n) is 3.93. The van der Waals surface area contributed by atoms with Crippen molar-refractivity contribution in [3.63, 3.8) is 0 Å². The molecule has 1 aliphatic heterocycles. The molecule has 0 spiro atoms. The van der Waals surface area contributed by atoms with Crippen LogP contribution in [-0.4, -0.2) is 57.7 Å². The van der Waals surface area contributed by atoms with E-state index in [0.717, 1.165) is 22.8 Å². The van der Waals surface area contributed by atoms with Gasteiger partial charge < -0.3 is 15.1 Å². The number of piperazine rings is 1. The number of pyridine rings is 1. The summed E-state index contributed by atoms with van der Waals surface area (Å²) < 4.78 is 16.2. The second-order valence-corrected chi connectivity index (χ2v) is 8.22. The number of carbonyl (C=O) groups excluding carboxylic acids is 2. The molecule has 0 bridgehead atoms.